The zero-order valence-electron chi connectivity index (χ0n) is 19.2. The highest BCUT2D eigenvalue weighted by Gasteiger charge is 2.77. The van der Waals surface area contributed by atoms with Gasteiger partial charge in [-0.1, -0.05) is 38.5 Å². The summed E-state index contributed by atoms with van der Waals surface area (Å²) in [6.07, 6.45) is 7.03. The number of hydrogen-bond acceptors (Lipinski definition) is 5. The van der Waals surface area contributed by atoms with Gasteiger partial charge in [-0.2, -0.15) is 0 Å². The summed E-state index contributed by atoms with van der Waals surface area (Å²) in [5.74, 6) is -2.30. The quantitative estimate of drug-likeness (QED) is 0.567. The van der Waals surface area contributed by atoms with Crippen LogP contribution >= 0.6 is 0 Å². The molecule has 0 bridgehead atoms. The van der Waals surface area contributed by atoms with Crippen molar-refractivity contribution in [2.45, 2.75) is 76.7 Å². The molecule has 0 amide bonds. The average molecular weight is 447 g/mol. The van der Waals surface area contributed by atoms with Gasteiger partial charge in [0.25, 0.3) is 0 Å². The van der Waals surface area contributed by atoms with E-state index in [1.54, 1.807) is 19.9 Å². The molecule has 0 saturated heterocycles. The molecular weight excluding hydrogens is 411 g/mol. The molecule has 0 radical (unpaired) electrons. The lowest BCUT2D eigenvalue weighted by Gasteiger charge is -2.66. The SMILES string of the molecule is C[C@@H]1C[C@H]2[C@@H]3CCC4=CC(=O)[C@@H]5CC=CC[C@@H]5[C@]4(C)[C@@]3(F)[C@@H](O)C[C@]2(C)[C@@]1(O)C(=O)CO. The molecule has 176 valence electrons. The van der Waals surface area contributed by atoms with Crippen molar-refractivity contribution in [1.82, 2.24) is 0 Å². The number of ketones is 2. The highest BCUT2D eigenvalue weighted by Crippen LogP contribution is 2.72. The van der Waals surface area contributed by atoms with E-state index in [-0.39, 0.29) is 30.0 Å². The molecule has 0 aliphatic heterocycles. The maximum Gasteiger partial charge on any atom is 0.190 e. The molecular formula is C26H35FO5. The smallest absolute Gasteiger partial charge is 0.190 e. The molecule has 3 fully saturated rings. The molecule has 5 aliphatic rings. The van der Waals surface area contributed by atoms with Crippen LogP contribution in [0, 0.1) is 40.4 Å². The molecule has 5 rings (SSSR count). The van der Waals surface area contributed by atoms with Crippen LogP contribution in [-0.2, 0) is 9.59 Å². The number of fused-ring (bicyclic) bond motifs is 7. The summed E-state index contributed by atoms with van der Waals surface area (Å²) in [7, 11) is 0. The van der Waals surface area contributed by atoms with Crippen molar-refractivity contribution in [3.63, 3.8) is 0 Å². The number of alkyl halides is 1. The zero-order valence-corrected chi connectivity index (χ0v) is 19.2. The van der Waals surface area contributed by atoms with Gasteiger partial charge in [-0.05, 0) is 62.4 Å². The van der Waals surface area contributed by atoms with E-state index in [2.05, 4.69) is 0 Å². The first kappa shape index (κ1) is 22.4. The van der Waals surface area contributed by atoms with Crippen LogP contribution in [0.2, 0.25) is 0 Å². The number of Topliss-reactive ketones (excluding diaryl/α,β-unsaturated/α-hetero) is 1. The number of hydrogen-bond donors (Lipinski definition) is 3. The third kappa shape index (κ3) is 2.29. The molecule has 0 aromatic rings. The predicted octanol–water partition coefficient (Wildman–Crippen LogP) is 2.92. The molecule has 5 nitrogen and oxygen atoms in total. The van der Waals surface area contributed by atoms with E-state index in [9.17, 15) is 24.9 Å². The van der Waals surface area contributed by atoms with E-state index < -0.39 is 52.4 Å². The molecule has 32 heavy (non-hydrogen) atoms. The summed E-state index contributed by atoms with van der Waals surface area (Å²) in [6.45, 7) is 4.72. The van der Waals surface area contributed by atoms with Gasteiger partial charge in [0.2, 0.25) is 0 Å². The molecule has 3 saturated carbocycles. The number of halogens is 1. The fourth-order valence-electron chi connectivity index (χ4n) is 9.13. The fourth-order valence-corrected chi connectivity index (χ4v) is 9.13. The van der Waals surface area contributed by atoms with Gasteiger partial charge in [0.05, 0.1) is 6.10 Å². The third-order valence-electron chi connectivity index (χ3n) is 10.7. The van der Waals surface area contributed by atoms with E-state index in [0.29, 0.717) is 32.1 Å². The summed E-state index contributed by atoms with van der Waals surface area (Å²) in [5.41, 5.74) is -4.90. The van der Waals surface area contributed by atoms with E-state index in [0.717, 1.165) is 5.57 Å². The van der Waals surface area contributed by atoms with Crippen molar-refractivity contribution in [3.8, 4) is 0 Å². The molecule has 0 spiro atoms. The molecule has 3 N–H and O–H groups in total. The molecule has 0 aromatic carbocycles. The Labute approximate surface area is 188 Å². The lowest BCUT2D eigenvalue weighted by Crippen LogP contribution is -2.72. The summed E-state index contributed by atoms with van der Waals surface area (Å²) >= 11 is 0. The van der Waals surface area contributed by atoms with Crippen LogP contribution < -0.4 is 0 Å². The molecule has 0 aromatic heterocycles. The second kappa shape index (κ2) is 6.83. The maximum absolute atomic E-state index is 17.7. The van der Waals surface area contributed by atoms with Crippen LogP contribution in [0.5, 0.6) is 0 Å². The number of rotatable bonds is 2. The Hall–Kier alpha value is -1.37. The van der Waals surface area contributed by atoms with Gasteiger partial charge >= 0.3 is 0 Å². The molecule has 0 unspecified atom stereocenters. The Balaban J connectivity index is 1.65. The Bertz CT molecular complexity index is 927. The normalized spacial score (nSPS) is 54.2. The summed E-state index contributed by atoms with van der Waals surface area (Å²) in [4.78, 5) is 25.6. The van der Waals surface area contributed by atoms with Crippen molar-refractivity contribution in [3.05, 3.63) is 23.8 Å². The predicted molar refractivity (Wildman–Crippen MR) is 116 cm³/mol. The minimum Gasteiger partial charge on any atom is -0.390 e. The lowest BCUT2D eigenvalue weighted by molar-refractivity contribution is -0.239. The summed E-state index contributed by atoms with van der Waals surface area (Å²) in [5, 5.41) is 32.7. The first-order valence-corrected chi connectivity index (χ1v) is 12.1. The van der Waals surface area contributed by atoms with Crippen molar-refractivity contribution in [2.75, 3.05) is 6.61 Å². The highest BCUT2D eigenvalue weighted by atomic mass is 19.1. The van der Waals surface area contributed by atoms with Crippen molar-refractivity contribution >= 4 is 11.6 Å². The maximum atomic E-state index is 17.7. The van der Waals surface area contributed by atoms with E-state index in [1.165, 1.54) is 0 Å². The minimum absolute atomic E-state index is 0.0404. The Morgan fingerprint density at radius 1 is 1.19 bits per heavy atom. The standard InChI is InChI=1S/C26H35FO5/c1-14-10-19-18-9-8-15-11-20(29)16-6-4-5-7-17(16)24(15,3)25(18,27)21(30)12-23(19,2)26(14,32)22(31)13-28/h4-5,11,14,16-19,21,28,30,32H,6-10,12-13H2,1-3H3/t14-,16-,17+,18+,19+,21+,23+,24-,25+,26+/m1/s1. The van der Waals surface area contributed by atoms with Gasteiger partial charge in [-0.3, -0.25) is 9.59 Å². The van der Waals surface area contributed by atoms with Gasteiger partial charge < -0.3 is 15.3 Å². The second-order valence-corrected chi connectivity index (χ2v) is 11.6. The van der Waals surface area contributed by atoms with Crippen LogP contribution in [0.15, 0.2) is 23.8 Å². The summed E-state index contributed by atoms with van der Waals surface area (Å²) in [6, 6.07) is 0. The van der Waals surface area contributed by atoms with Gasteiger partial charge in [0.1, 0.15) is 17.9 Å². The van der Waals surface area contributed by atoms with Gasteiger partial charge in [0.15, 0.2) is 11.6 Å². The molecule has 0 heterocycles. The van der Waals surface area contributed by atoms with Gasteiger partial charge in [0, 0.05) is 22.7 Å². The number of carbonyl (C=O) groups is 2. The Morgan fingerprint density at radius 3 is 2.56 bits per heavy atom. The van der Waals surface area contributed by atoms with Crippen molar-refractivity contribution in [1.29, 1.82) is 0 Å². The van der Waals surface area contributed by atoms with Gasteiger partial charge in [-0.15, -0.1) is 0 Å². The largest absolute Gasteiger partial charge is 0.390 e. The van der Waals surface area contributed by atoms with Gasteiger partial charge in [-0.25, -0.2) is 4.39 Å². The lowest BCUT2D eigenvalue weighted by atomic mass is 9.40. The topological polar surface area (TPSA) is 94.8 Å². The van der Waals surface area contributed by atoms with E-state index in [1.807, 2.05) is 19.1 Å². The number of allylic oxidation sites excluding steroid dienone is 3. The van der Waals surface area contributed by atoms with Crippen LogP contribution in [0.3, 0.4) is 0 Å². The van der Waals surface area contributed by atoms with Crippen LogP contribution in [-0.4, -0.2) is 50.9 Å². The fraction of sp³-hybridized carbons (Fsp3) is 0.769. The zero-order chi connectivity index (χ0) is 23.3. The van der Waals surface area contributed by atoms with Crippen LogP contribution in [0.25, 0.3) is 0 Å². The monoisotopic (exact) mass is 446 g/mol. The first-order chi connectivity index (χ1) is 15.0. The third-order valence-corrected chi connectivity index (χ3v) is 10.7. The Kier molecular flexibility index (Phi) is 4.79. The number of carbonyl (C=O) groups excluding carboxylic acids is 2. The average Bonchev–Trinajstić information content (AvgIpc) is 2.97. The number of aliphatic hydroxyl groups is 3. The van der Waals surface area contributed by atoms with Crippen LogP contribution in [0.1, 0.15) is 59.3 Å². The van der Waals surface area contributed by atoms with E-state index in [4.69, 9.17) is 0 Å². The molecule has 6 heteroatoms. The molecule has 10 atom stereocenters. The first-order valence-electron chi connectivity index (χ1n) is 12.1. The van der Waals surface area contributed by atoms with Crippen LogP contribution in [0.4, 0.5) is 4.39 Å². The Morgan fingerprint density at radius 2 is 1.88 bits per heavy atom. The van der Waals surface area contributed by atoms with Crippen molar-refractivity contribution < 1.29 is 29.3 Å². The minimum atomic E-state index is -1.94. The second-order valence-electron chi connectivity index (χ2n) is 11.6. The summed E-state index contributed by atoms with van der Waals surface area (Å²) < 4.78 is 17.7. The molecule has 5 aliphatic carbocycles. The number of aliphatic hydroxyl groups excluding tert-OH is 2. The van der Waals surface area contributed by atoms with Crippen molar-refractivity contribution in [2.24, 2.45) is 40.4 Å². The van der Waals surface area contributed by atoms with E-state index >= 15 is 4.39 Å². The highest BCUT2D eigenvalue weighted by molar-refractivity contribution is 5.94.